The summed E-state index contributed by atoms with van der Waals surface area (Å²) < 4.78 is 0. The van der Waals surface area contributed by atoms with E-state index in [0.29, 0.717) is 31.7 Å². The highest BCUT2D eigenvalue weighted by Gasteiger charge is 2.30. The van der Waals surface area contributed by atoms with Gasteiger partial charge in [-0.1, -0.05) is 36.4 Å². The maximum Gasteiger partial charge on any atom is 0.253 e. The number of hydrogen-bond acceptors (Lipinski definition) is 4. The van der Waals surface area contributed by atoms with Gasteiger partial charge in [0.2, 0.25) is 5.91 Å². The van der Waals surface area contributed by atoms with E-state index in [-0.39, 0.29) is 17.9 Å². The number of amides is 2. The zero-order valence-corrected chi connectivity index (χ0v) is 18.0. The summed E-state index contributed by atoms with van der Waals surface area (Å²) in [5.41, 5.74) is 3.58. The van der Waals surface area contributed by atoms with Crippen LogP contribution in [0.2, 0.25) is 0 Å². The van der Waals surface area contributed by atoms with Gasteiger partial charge < -0.3 is 15.1 Å². The minimum Gasteiger partial charge on any atom is -0.338 e. The van der Waals surface area contributed by atoms with Gasteiger partial charge in [0.25, 0.3) is 5.91 Å². The second kappa shape index (κ2) is 8.96. The molecule has 2 aliphatic heterocycles. The van der Waals surface area contributed by atoms with Crippen molar-refractivity contribution < 1.29 is 9.59 Å². The SMILES string of the molecule is O=C(c1ccc(/C=C/c2n[nH]c3ccccc23)cc1)N1CCN(C(=O)[C@@H]2CCCN2)CC1. The van der Waals surface area contributed by atoms with E-state index in [1.165, 1.54) is 0 Å². The number of fused-ring (bicyclic) bond motifs is 1. The summed E-state index contributed by atoms with van der Waals surface area (Å²) in [5, 5.41) is 11.7. The normalized spacial score (nSPS) is 19.2. The summed E-state index contributed by atoms with van der Waals surface area (Å²) in [6, 6.07) is 15.6. The Balaban J connectivity index is 1.19. The average molecular weight is 430 g/mol. The molecule has 7 heteroatoms. The molecule has 1 atom stereocenters. The molecule has 2 saturated heterocycles. The second-order valence-corrected chi connectivity index (χ2v) is 8.38. The fraction of sp³-hybridized carbons (Fsp3) is 0.320. The van der Waals surface area contributed by atoms with Crippen LogP contribution >= 0.6 is 0 Å². The molecule has 2 N–H and O–H groups in total. The molecule has 5 rings (SSSR count). The first-order valence-electron chi connectivity index (χ1n) is 11.2. The molecular weight excluding hydrogens is 402 g/mol. The number of benzene rings is 2. The van der Waals surface area contributed by atoms with Crippen LogP contribution in [0.25, 0.3) is 23.1 Å². The van der Waals surface area contributed by atoms with Crippen LogP contribution < -0.4 is 5.32 Å². The van der Waals surface area contributed by atoms with Crippen LogP contribution in [0.1, 0.15) is 34.5 Å². The third-order valence-corrected chi connectivity index (χ3v) is 6.33. The highest BCUT2D eigenvalue weighted by molar-refractivity contribution is 5.95. The van der Waals surface area contributed by atoms with Crippen LogP contribution in [0, 0.1) is 0 Å². The van der Waals surface area contributed by atoms with Crippen LogP contribution in [0.3, 0.4) is 0 Å². The molecular formula is C25H27N5O2. The van der Waals surface area contributed by atoms with Crippen LogP contribution in [0.4, 0.5) is 0 Å². The second-order valence-electron chi connectivity index (χ2n) is 8.38. The van der Waals surface area contributed by atoms with Crippen molar-refractivity contribution in [2.24, 2.45) is 0 Å². The number of carbonyl (C=O) groups is 2. The van der Waals surface area contributed by atoms with Gasteiger partial charge >= 0.3 is 0 Å². The molecule has 3 aromatic rings. The lowest BCUT2D eigenvalue weighted by Crippen LogP contribution is -2.54. The van der Waals surface area contributed by atoms with E-state index in [1.807, 2.05) is 70.5 Å². The minimum absolute atomic E-state index is 0.0184. The molecule has 2 aliphatic rings. The first-order valence-corrected chi connectivity index (χ1v) is 11.2. The molecule has 2 aromatic carbocycles. The maximum atomic E-state index is 12.9. The molecule has 1 aromatic heterocycles. The van der Waals surface area contributed by atoms with Crippen molar-refractivity contribution >= 4 is 34.9 Å². The van der Waals surface area contributed by atoms with Crippen molar-refractivity contribution in [2.75, 3.05) is 32.7 Å². The molecule has 0 bridgehead atoms. The van der Waals surface area contributed by atoms with Gasteiger partial charge in [-0.25, -0.2) is 0 Å². The topological polar surface area (TPSA) is 81.3 Å². The van der Waals surface area contributed by atoms with E-state index in [9.17, 15) is 9.59 Å². The van der Waals surface area contributed by atoms with Crippen LogP contribution in [-0.4, -0.2) is 70.6 Å². The smallest absolute Gasteiger partial charge is 0.253 e. The molecule has 0 saturated carbocycles. The molecule has 7 nitrogen and oxygen atoms in total. The van der Waals surface area contributed by atoms with Crippen molar-refractivity contribution in [3.8, 4) is 0 Å². The lowest BCUT2D eigenvalue weighted by molar-refractivity contribution is -0.134. The maximum absolute atomic E-state index is 12.9. The van der Waals surface area contributed by atoms with Gasteiger partial charge in [0.15, 0.2) is 0 Å². The lowest BCUT2D eigenvalue weighted by Gasteiger charge is -2.36. The minimum atomic E-state index is -0.0442. The molecule has 32 heavy (non-hydrogen) atoms. The Hall–Kier alpha value is -3.45. The molecule has 0 spiro atoms. The first kappa shape index (κ1) is 20.5. The van der Waals surface area contributed by atoms with Crippen molar-refractivity contribution in [1.29, 1.82) is 0 Å². The number of piperazine rings is 1. The van der Waals surface area contributed by atoms with Gasteiger partial charge in [0.05, 0.1) is 17.3 Å². The Morgan fingerprint density at radius 3 is 2.44 bits per heavy atom. The Morgan fingerprint density at radius 2 is 1.69 bits per heavy atom. The average Bonchev–Trinajstić information content (AvgIpc) is 3.53. The van der Waals surface area contributed by atoms with E-state index >= 15 is 0 Å². The summed E-state index contributed by atoms with van der Waals surface area (Å²) in [5.74, 6) is 0.195. The van der Waals surface area contributed by atoms with E-state index < -0.39 is 0 Å². The summed E-state index contributed by atoms with van der Waals surface area (Å²) in [4.78, 5) is 29.2. The third-order valence-electron chi connectivity index (χ3n) is 6.33. The Kier molecular flexibility index (Phi) is 5.73. The fourth-order valence-electron chi connectivity index (χ4n) is 4.45. The number of nitrogens with one attached hydrogen (secondary N) is 2. The monoisotopic (exact) mass is 429 g/mol. The number of rotatable bonds is 4. The molecule has 164 valence electrons. The summed E-state index contributed by atoms with van der Waals surface area (Å²) in [7, 11) is 0. The van der Waals surface area contributed by atoms with E-state index in [0.717, 1.165) is 41.5 Å². The molecule has 0 aliphatic carbocycles. The largest absolute Gasteiger partial charge is 0.338 e. The predicted molar refractivity (Wildman–Crippen MR) is 125 cm³/mol. The zero-order chi connectivity index (χ0) is 21.9. The van der Waals surface area contributed by atoms with Crippen molar-refractivity contribution in [3.05, 3.63) is 65.4 Å². The molecule has 0 radical (unpaired) electrons. The van der Waals surface area contributed by atoms with Gasteiger partial charge in [-0.2, -0.15) is 5.10 Å². The number of aromatic amines is 1. The van der Waals surface area contributed by atoms with E-state index in [4.69, 9.17) is 0 Å². The number of nitrogens with zero attached hydrogens (tertiary/aromatic N) is 3. The van der Waals surface area contributed by atoms with E-state index in [1.54, 1.807) is 0 Å². The first-order chi connectivity index (χ1) is 15.7. The number of para-hydroxylation sites is 1. The van der Waals surface area contributed by atoms with Crippen molar-refractivity contribution in [3.63, 3.8) is 0 Å². The van der Waals surface area contributed by atoms with Gasteiger partial charge in [-0.3, -0.25) is 14.7 Å². The Bertz CT molecular complexity index is 1140. The summed E-state index contributed by atoms with van der Waals surface area (Å²) >= 11 is 0. The van der Waals surface area contributed by atoms with Crippen LogP contribution in [0.5, 0.6) is 0 Å². The molecule has 2 fully saturated rings. The number of aromatic nitrogens is 2. The summed E-state index contributed by atoms with van der Waals surface area (Å²) in [6.45, 7) is 3.26. The van der Waals surface area contributed by atoms with Crippen LogP contribution in [-0.2, 0) is 4.79 Å². The van der Waals surface area contributed by atoms with Crippen molar-refractivity contribution in [2.45, 2.75) is 18.9 Å². The molecule has 0 unspecified atom stereocenters. The Labute approximate surface area is 187 Å². The highest BCUT2D eigenvalue weighted by Crippen LogP contribution is 2.18. The Morgan fingerprint density at radius 1 is 0.938 bits per heavy atom. The lowest BCUT2D eigenvalue weighted by atomic mass is 10.1. The highest BCUT2D eigenvalue weighted by atomic mass is 16.2. The molecule has 3 heterocycles. The summed E-state index contributed by atoms with van der Waals surface area (Å²) in [6.07, 6.45) is 5.94. The number of carbonyl (C=O) groups excluding carboxylic acids is 2. The predicted octanol–water partition coefficient (Wildman–Crippen LogP) is 2.77. The third kappa shape index (κ3) is 4.16. The van der Waals surface area contributed by atoms with Gasteiger partial charge in [0.1, 0.15) is 0 Å². The fourth-order valence-corrected chi connectivity index (χ4v) is 4.45. The quantitative estimate of drug-likeness (QED) is 0.668. The molecule has 2 amide bonds. The van der Waals surface area contributed by atoms with E-state index in [2.05, 4.69) is 15.5 Å². The van der Waals surface area contributed by atoms with Gasteiger partial charge in [0, 0.05) is 37.1 Å². The number of H-pyrrole nitrogens is 1. The standard InChI is InChI=1S/C25H27N5O2/c31-24(29-14-16-30(17-15-29)25(32)23-6-3-13-26-23)19-10-7-18(8-11-19)9-12-22-20-4-1-2-5-21(20)27-28-22/h1-2,4-5,7-12,23,26H,3,6,13-17H2,(H,27,28)/b12-9+/t23-/m0/s1. The zero-order valence-electron chi connectivity index (χ0n) is 18.0. The van der Waals surface area contributed by atoms with Crippen LogP contribution in [0.15, 0.2) is 48.5 Å². The van der Waals surface area contributed by atoms with Gasteiger partial charge in [-0.05, 0) is 49.2 Å². The van der Waals surface area contributed by atoms with Crippen molar-refractivity contribution in [1.82, 2.24) is 25.3 Å². The van der Waals surface area contributed by atoms with Gasteiger partial charge in [-0.15, -0.1) is 0 Å². The number of hydrogen-bond donors (Lipinski definition) is 2.